The van der Waals surface area contributed by atoms with Crippen LogP contribution in [0.1, 0.15) is 16.1 Å². The summed E-state index contributed by atoms with van der Waals surface area (Å²) in [6, 6.07) is 16.7. The number of anilines is 1. The van der Waals surface area contributed by atoms with Crippen LogP contribution in [0, 0.1) is 6.92 Å². The van der Waals surface area contributed by atoms with Gasteiger partial charge in [-0.15, -0.1) is 0 Å². The molecule has 0 spiro atoms. The zero-order valence-electron chi connectivity index (χ0n) is 12.5. The van der Waals surface area contributed by atoms with Gasteiger partial charge in [0.05, 0.1) is 18.3 Å². The number of nitrogens with zero attached hydrogens (tertiary/aromatic N) is 1. The van der Waals surface area contributed by atoms with Crippen LogP contribution in [-0.4, -0.2) is 18.0 Å². The quantitative estimate of drug-likeness (QED) is 0.798. The third-order valence-corrected chi connectivity index (χ3v) is 3.44. The number of rotatable bonds is 3. The van der Waals surface area contributed by atoms with E-state index in [1.165, 1.54) is 0 Å². The fourth-order valence-electron chi connectivity index (χ4n) is 2.30. The molecule has 1 amide bonds. The molecule has 4 nitrogen and oxygen atoms in total. The molecule has 0 aliphatic rings. The van der Waals surface area contributed by atoms with Gasteiger partial charge in [-0.1, -0.05) is 24.3 Å². The van der Waals surface area contributed by atoms with Crippen molar-refractivity contribution in [3.63, 3.8) is 0 Å². The molecule has 0 radical (unpaired) electrons. The minimum Gasteiger partial charge on any atom is -0.497 e. The van der Waals surface area contributed by atoms with Crippen molar-refractivity contribution in [3.05, 3.63) is 65.9 Å². The highest BCUT2D eigenvalue weighted by Gasteiger charge is 2.10. The number of aryl methyl sites for hydroxylation is 1. The highest BCUT2D eigenvalue weighted by atomic mass is 16.5. The molecular formula is C18H16N2O2. The molecule has 110 valence electrons. The first kappa shape index (κ1) is 14.1. The summed E-state index contributed by atoms with van der Waals surface area (Å²) >= 11 is 0. The lowest BCUT2D eigenvalue weighted by Gasteiger charge is -2.09. The van der Waals surface area contributed by atoms with Gasteiger partial charge in [0.2, 0.25) is 0 Å². The number of para-hydroxylation sites is 1. The Bertz CT molecular complexity index is 843. The van der Waals surface area contributed by atoms with E-state index >= 15 is 0 Å². The molecular weight excluding hydrogens is 276 g/mol. The molecule has 2 aromatic carbocycles. The lowest BCUT2D eigenvalue weighted by atomic mass is 10.1. The number of nitrogens with one attached hydrogen (secondary N) is 1. The first-order valence-electron chi connectivity index (χ1n) is 6.99. The minimum absolute atomic E-state index is 0.185. The second-order valence-corrected chi connectivity index (χ2v) is 5.02. The molecule has 0 saturated carbocycles. The van der Waals surface area contributed by atoms with Gasteiger partial charge < -0.3 is 10.1 Å². The predicted molar refractivity (Wildman–Crippen MR) is 87.4 cm³/mol. The average Bonchev–Trinajstić information content (AvgIpc) is 2.55. The minimum atomic E-state index is -0.185. The number of aromatic nitrogens is 1. The molecule has 1 heterocycles. The summed E-state index contributed by atoms with van der Waals surface area (Å²) in [7, 11) is 1.58. The summed E-state index contributed by atoms with van der Waals surface area (Å²) in [5, 5.41) is 3.92. The van der Waals surface area contributed by atoms with Gasteiger partial charge in [0, 0.05) is 16.6 Å². The van der Waals surface area contributed by atoms with Gasteiger partial charge in [0.1, 0.15) is 5.75 Å². The number of carbonyl (C=O) groups is 1. The normalized spacial score (nSPS) is 10.5. The standard InChI is InChI=1S/C18H16N2O2/c1-12-9-10-13-5-4-8-16(17(13)19-12)20-18(21)14-6-3-7-15(11-14)22-2/h3-11H,1-2H3,(H,20,21). The molecule has 3 rings (SSSR count). The number of fused-ring (bicyclic) bond motifs is 1. The summed E-state index contributed by atoms with van der Waals surface area (Å²) in [5.74, 6) is 0.467. The third kappa shape index (κ3) is 2.76. The summed E-state index contributed by atoms with van der Waals surface area (Å²) in [5.41, 5.74) is 2.95. The van der Waals surface area contributed by atoms with Crippen molar-refractivity contribution in [2.24, 2.45) is 0 Å². The van der Waals surface area contributed by atoms with E-state index in [1.807, 2.05) is 37.3 Å². The number of ether oxygens (including phenoxy) is 1. The van der Waals surface area contributed by atoms with Gasteiger partial charge in [0.15, 0.2) is 0 Å². The van der Waals surface area contributed by atoms with Crippen molar-refractivity contribution in [1.82, 2.24) is 4.98 Å². The SMILES string of the molecule is COc1cccc(C(=O)Nc2cccc3ccc(C)nc23)c1. The Morgan fingerprint density at radius 1 is 1.09 bits per heavy atom. The lowest BCUT2D eigenvalue weighted by Crippen LogP contribution is -2.12. The first-order valence-corrected chi connectivity index (χ1v) is 6.99. The van der Waals surface area contributed by atoms with Crippen molar-refractivity contribution in [2.45, 2.75) is 6.92 Å². The topological polar surface area (TPSA) is 51.2 Å². The maximum absolute atomic E-state index is 12.4. The molecule has 0 fully saturated rings. The van der Waals surface area contributed by atoms with E-state index in [0.29, 0.717) is 17.0 Å². The Balaban J connectivity index is 1.95. The summed E-state index contributed by atoms with van der Waals surface area (Å²) < 4.78 is 5.15. The van der Waals surface area contributed by atoms with E-state index < -0.39 is 0 Å². The number of carbonyl (C=O) groups excluding carboxylic acids is 1. The van der Waals surface area contributed by atoms with Crippen molar-refractivity contribution in [1.29, 1.82) is 0 Å². The predicted octanol–water partition coefficient (Wildman–Crippen LogP) is 3.80. The van der Waals surface area contributed by atoms with Gasteiger partial charge in [-0.05, 0) is 37.3 Å². The molecule has 0 aliphatic heterocycles. The number of hydrogen-bond acceptors (Lipinski definition) is 3. The van der Waals surface area contributed by atoms with Crippen LogP contribution in [0.4, 0.5) is 5.69 Å². The van der Waals surface area contributed by atoms with Crippen LogP contribution in [0.2, 0.25) is 0 Å². The molecule has 3 aromatic rings. The van der Waals surface area contributed by atoms with Crippen molar-refractivity contribution >= 4 is 22.5 Å². The highest BCUT2D eigenvalue weighted by molar-refractivity contribution is 6.08. The van der Waals surface area contributed by atoms with Gasteiger partial charge in [0.25, 0.3) is 5.91 Å². The van der Waals surface area contributed by atoms with E-state index in [-0.39, 0.29) is 5.91 Å². The number of amides is 1. The van der Waals surface area contributed by atoms with Crippen LogP contribution in [0.3, 0.4) is 0 Å². The van der Waals surface area contributed by atoms with E-state index in [0.717, 1.165) is 16.6 Å². The fourth-order valence-corrected chi connectivity index (χ4v) is 2.30. The van der Waals surface area contributed by atoms with Crippen molar-refractivity contribution in [3.8, 4) is 5.75 Å². The maximum atomic E-state index is 12.4. The third-order valence-electron chi connectivity index (χ3n) is 3.44. The Morgan fingerprint density at radius 3 is 2.73 bits per heavy atom. The summed E-state index contributed by atoms with van der Waals surface area (Å²) in [6.45, 7) is 1.93. The van der Waals surface area contributed by atoms with E-state index in [9.17, 15) is 4.79 Å². The summed E-state index contributed by atoms with van der Waals surface area (Å²) in [4.78, 5) is 16.9. The summed E-state index contributed by atoms with van der Waals surface area (Å²) in [6.07, 6.45) is 0. The van der Waals surface area contributed by atoms with Crippen LogP contribution in [-0.2, 0) is 0 Å². The van der Waals surface area contributed by atoms with Gasteiger partial charge >= 0.3 is 0 Å². The zero-order valence-corrected chi connectivity index (χ0v) is 12.5. The monoisotopic (exact) mass is 292 g/mol. The van der Waals surface area contributed by atoms with Gasteiger partial charge in [-0.3, -0.25) is 9.78 Å². The number of benzene rings is 2. The van der Waals surface area contributed by atoms with Crippen molar-refractivity contribution < 1.29 is 9.53 Å². The molecule has 0 atom stereocenters. The highest BCUT2D eigenvalue weighted by Crippen LogP contribution is 2.23. The zero-order chi connectivity index (χ0) is 15.5. The number of pyridine rings is 1. The Labute approximate surface area is 128 Å². The second kappa shape index (κ2) is 5.85. The second-order valence-electron chi connectivity index (χ2n) is 5.02. The van der Waals surface area contributed by atoms with Crippen LogP contribution in [0.25, 0.3) is 10.9 Å². The molecule has 22 heavy (non-hydrogen) atoms. The Morgan fingerprint density at radius 2 is 1.91 bits per heavy atom. The van der Waals surface area contributed by atoms with Gasteiger partial charge in [-0.2, -0.15) is 0 Å². The number of methoxy groups -OCH3 is 1. The fraction of sp³-hybridized carbons (Fsp3) is 0.111. The van der Waals surface area contributed by atoms with Crippen molar-refractivity contribution in [2.75, 3.05) is 12.4 Å². The van der Waals surface area contributed by atoms with E-state index in [2.05, 4.69) is 10.3 Å². The first-order chi connectivity index (χ1) is 10.7. The van der Waals surface area contributed by atoms with Crippen LogP contribution >= 0.6 is 0 Å². The largest absolute Gasteiger partial charge is 0.497 e. The van der Waals surface area contributed by atoms with E-state index in [4.69, 9.17) is 4.74 Å². The molecule has 4 heteroatoms. The molecule has 0 aliphatic carbocycles. The number of hydrogen-bond donors (Lipinski definition) is 1. The van der Waals surface area contributed by atoms with Crippen LogP contribution in [0.15, 0.2) is 54.6 Å². The van der Waals surface area contributed by atoms with E-state index in [1.54, 1.807) is 31.4 Å². The molecule has 0 saturated heterocycles. The molecule has 1 N–H and O–H groups in total. The van der Waals surface area contributed by atoms with Gasteiger partial charge in [-0.25, -0.2) is 0 Å². The average molecular weight is 292 g/mol. The lowest BCUT2D eigenvalue weighted by molar-refractivity contribution is 0.102. The van der Waals surface area contributed by atoms with Crippen LogP contribution in [0.5, 0.6) is 5.75 Å². The van der Waals surface area contributed by atoms with Crippen LogP contribution < -0.4 is 10.1 Å². The molecule has 0 unspecified atom stereocenters. The molecule has 0 bridgehead atoms. The Hall–Kier alpha value is -2.88. The smallest absolute Gasteiger partial charge is 0.255 e. The maximum Gasteiger partial charge on any atom is 0.255 e. The Kier molecular flexibility index (Phi) is 3.74. The molecule has 1 aromatic heterocycles.